The van der Waals surface area contributed by atoms with Gasteiger partial charge < -0.3 is 14.9 Å². The summed E-state index contributed by atoms with van der Waals surface area (Å²) in [4.78, 5) is 10.2. The number of carbonyl (C=O) groups is 1. The minimum Gasteiger partial charge on any atom is -0.497 e. The lowest BCUT2D eigenvalue weighted by Crippen LogP contribution is -1.86. The van der Waals surface area contributed by atoms with E-state index in [1.807, 2.05) is 6.07 Å². The van der Waals surface area contributed by atoms with Crippen molar-refractivity contribution in [2.75, 3.05) is 13.7 Å². The SMILES string of the molecule is CCO.COc1cccc(/C=C/C(=O)O)c1. The molecule has 0 aliphatic heterocycles. The Labute approximate surface area is 94.8 Å². The molecule has 1 aromatic rings. The largest absolute Gasteiger partial charge is 0.497 e. The summed E-state index contributed by atoms with van der Waals surface area (Å²) in [5, 5.41) is 16.0. The fourth-order valence-electron chi connectivity index (χ4n) is 0.913. The van der Waals surface area contributed by atoms with Gasteiger partial charge in [-0.1, -0.05) is 12.1 Å². The molecule has 2 N–H and O–H groups in total. The highest BCUT2D eigenvalue weighted by Crippen LogP contribution is 2.13. The van der Waals surface area contributed by atoms with Crippen LogP contribution < -0.4 is 4.74 Å². The van der Waals surface area contributed by atoms with Gasteiger partial charge in [0.05, 0.1) is 7.11 Å². The predicted molar refractivity (Wildman–Crippen MR) is 62.4 cm³/mol. The Hall–Kier alpha value is -1.81. The first-order chi connectivity index (χ1) is 7.63. The van der Waals surface area contributed by atoms with Crippen molar-refractivity contribution >= 4 is 12.0 Å². The van der Waals surface area contributed by atoms with Gasteiger partial charge in [0.1, 0.15) is 5.75 Å². The molecule has 0 spiro atoms. The summed E-state index contributed by atoms with van der Waals surface area (Å²) in [6.45, 7) is 1.93. The van der Waals surface area contributed by atoms with Gasteiger partial charge in [-0.3, -0.25) is 0 Å². The lowest BCUT2D eigenvalue weighted by Gasteiger charge is -1.99. The van der Waals surface area contributed by atoms with Crippen molar-refractivity contribution in [1.82, 2.24) is 0 Å². The first-order valence-corrected chi connectivity index (χ1v) is 4.80. The van der Waals surface area contributed by atoms with Crippen LogP contribution in [0.1, 0.15) is 12.5 Å². The van der Waals surface area contributed by atoms with Crippen LogP contribution in [0, 0.1) is 0 Å². The quantitative estimate of drug-likeness (QED) is 0.768. The van der Waals surface area contributed by atoms with Crippen molar-refractivity contribution in [3.63, 3.8) is 0 Å². The third-order valence-electron chi connectivity index (χ3n) is 1.51. The molecular weight excluding hydrogens is 208 g/mol. The standard InChI is InChI=1S/C10H10O3.C2H6O/c1-13-9-4-2-3-8(7-9)5-6-10(11)12;1-2-3/h2-7H,1H3,(H,11,12);3H,2H2,1H3/b6-5+;. The van der Waals surface area contributed by atoms with E-state index in [0.717, 1.165) is 11.6 Å². The summed E-state index contributed by atoms with van der Waals surface area (Å²) < 4.78 is 4.98. The van der Waals surface area contributed by atoms with Gasteiger partial charge >= 0.3 is 5.97 Å². The molecule has 4 nitrogen and oxygen atoms in total. The molecule has 0 atom stereocenters. The average Bonchev–Trinajstić information content (AvgIpc) is 2.28. The highest BCUT2D eigenvalue weighted by atomic mass is 16.5. The van der Waals surface area contributed by atoms with Gasteiger partial charge in [-0.05, 0) is 30.7 Å². The molecule has 0 saturated heterocycles. The maximum absolute atomic E-state index is 10.2. The number of ether oxygens (including phenoxy) is 1. The molecule has 0 bridgehead atoms. The number of aliphatic carboxylic acids is 1. The van der Waals surface area contributed by atoms with Crippen LogP contribution in [-0.4, -0.2) is 29.9 Å². The molecule has 88 valence electrons. The Balaban J connectivity index is 0.000000673. The van der Waals surface area contributed by atoms with Crippen LogP contribution >= 0.6 is 0 Å². The first-order valence-electron chi connectivity index (χ1n) is 4.80. The maximum atomic E-state index is 10.2. The van der Waals surface area contributed by atoms with Gasteiger partial charge in [0.15, 0.2) is 0 Å². The highest BCUT2D eigenvalue weighted by molar-refractivity contribution is 5.85. The molecule has 0 saturated carbocycles. The van der Waals surface area contributed by atoms with E-state index < -0.39 is 5.97 Å². The molecule has 0 aliphatic carbocycles. The molecule has 16 heavy (non-hydrogen) atoms. The normalized spacial score (nSPS) is 9.44. The molecule has 0 aliphatic rings. The lowest BCUT2D eigenvalue weighted by molar-refractivity contribution is -0.131. The van der Waals surface area contributed by atoms with Crippen LogP contribution in [0.5, 0.6) is 5.75 Å². The van der Waals surface area contributed by atoms with Gasteiger partial charge in [0.25, 0.3) is 0 Å². The predicted octanol–water partition coefficient (Wildman–Crippen LogP) is 1.79. The average molecular weight is 224 g/mol. The Morgan fingerprint density at radius 2 is 2.12 bits per heavy atom. The monoisotopic (exact) mass is 224 g/mol. The van der Waals surface area contributed by atoms with Crippen molar-refractivity contribution in [1.29, 1.82) is 0 Å². The van der Waals surface area contributed by atoms with Gasteiger partial charge in [-0.2, -0.15) is 0 Å². The van der Waals surface area contributed by atoms with E-state index >= 15 is 0 Å². The number of carboxylic acid groups (broad SMARTS) is 1. The second kappa shape index (κ2) is 8.49. The van der Waals surface area contributed by atoms with Gasteiger partial charge in [-0.15, -0.1) is 0 Å². The zero-order valence-electron chi connectivity index (χ0n) is 9.38. The number of hydrogen-bond acceptors (Lipinski definition) is 3. The zero-order valence-corrected chi connectivity index (χ0v) is 9.38. The number of aliphatic hydroxyl groups is 1. The summed E-state index contributed by atoms with van der Waals surface area (Å²) in [5.41, 5.74) is 0.807. The molecule has 0 amide bonds. The second-order valence-corrected chi connectivity index (χ2v) is 2.76. The fraction of sp³-hybridized carbons (Fsp3) is 0.250. The topological polar surface area (TPSA) is 66.8 Å². The summed E-state index contributed by atoms with van der Waals surface area (Å²) in [5.74, 6) is -0.240. The summed E-state index contributed by atoms with van der Waals surface area (Å²) >= 11 is 0. The van der Waals surface area contributed by atoms with Gasteiger partial charge in [0.2, 0.25) is 0 Å². The highest BCUT2D eigenvalue weighted by Gasteiger charge is 1.92. The molecule has 1 rings (SSSR count). The van der Waals surface area contributed by atoms with Crippen LogP contribution in [0.3, 0.4) is 0 Å². The third-order valence-corrected chi connectivity index (χ3v) is 1.51. The van der Waals surface area contributed by atoms with Crippen molar-refractivity contribution < 1.29 is 19.7 Å². The van der Waals surface area contributed by atoms with Crippen molar-refractivity contribution in [3.05, 3.63) is 35.9 Å². The molecule has 4 heteroatoms. The Bertz CT molecular complexity index is 345. The number of carboxylic acids is 1. The second-order valence-electron chi connectivity index (χ2n) is 2.76. The van der Waals surface area contributed by atoms with Crippen LogP contribution in [0.25, 0.3) is 6.08 Å². The third kappa shape index (κ3) is 6.62. The zero-order chi connectivity index (χ0) is 12.4. The number of benzene rings is 1. The van der Waals surface area contributed by atoms with Crippen molar-refractivity contribution in [3.8, 4) is 5.75 Å². The van der Waals surface area contributed by atoms with E-state index in [-0.39, 0.29) is 6.61 Å². The van der Waals surface area contributed by atoms with Crippen molar-refractivity contribution in [2.24, 2.45) is 0 Å². The van der Waals surface area contributed by atoms with E-state index in [1.165, 1.54) is 6.08 Å². The van der Waals surface area contributed by atoms with Crippen LogP contribution in [0.15, 0.2) is 30.3 Å². The number of hydrogen-bond donors (Lipinski definition) is 2. The Morgan fingerprint density at radius 1 is 1.50 bits per heavy atom. The summed E-state index contributed by atoms with van der Waals surface area (Å²) in [7, 11) is 1.57. The minimum absolute atomic E-state index is 0.250. The molecule has 1 aromatic carbocycles. The molecule has 0 heterocycles. The summed E-state index contributed by atoms with van der Waals surface area (Å²) in [6, 6.07) is 7.18. The van der Waals surface area contributed by atoms with Crippen LogP contribution in [0.2, 0.25) is 0 Å². The van der Waals surface area contributed by atoms with E-state index in [9.17, 15) is 4.79 Å². The first kappa shape index (κ1) is 14.2. The van der Waals surface area contributed by atoms with E-state index in [1.54, 1.807) is 32.2 Å². The number of methoxy groups -OCH3 is 1. The fourth-order valence-corrected chi connectivity index (χ4v) is 0.913. The molecule has 0 aromatic heterocycles. The molecule has 0 radical (unpaired) electrons. The smallest absolute Gasteiger partial charge is 0.328 e. The van der Waals surface area contributed by atoms with Crippen LogP contribution in [-0.2, 0) is 4.79 Å². The van der Waals surface area contributed by atoms with Crippen molar-refractivity contribution in [2.45, 2.75) is 6.92 Å². The Kier molecular flexibility index (Phi) is 7.53. The number of aliphatic hydroxyl groups excluding tert-OH is 1. The van der Waals surface area contributed by atoms with E-state index in [2.05, 4.69) is 0 Å². The molecule has 0 fully saturated rings. The minimum atomic E-state index is -0.956. The van der Waals surface area contributed by atoms with E-state index in [0.29, 0.717) is 5.75 Å². The molecule has 0 unspecified atom stereocenters. The lowest BCUT2D eigenvalue weighted by atomic mass is 10.2. The summed E-state index contributed by atoms with van der Waals surface area (Å²) in [6.07, 6.45) is 2.61. The van der Waals surface area contributed by atoms with Gasteiger partial charge in [-0.25, -0.2) is 4.79 Å². The number of rotatable bonds is 3. The van der Waals surface area contributed by atoms with Gasteiger partial charge in [0, 0.05) is 12.7 Å². The molecular formula is C12H16O4. The maximum Gasteiger partial charge on any atom is 0.328 e. The van der Waals surface area contributed by atoms with E-state index in [4.69, 9.17) is 14.9 Å². The van der Waals surface area contributed by atoms with Crippen LogP contribution in [0.4, 0.5) is 0 Å². The Morgan fingerprint density at radius 3 is 2.62 bits per heavy atom.